The third kappa shape index (κ3) is 2.74. The molecule has 88 valence electrons. The molecule has 0 radical (unpaired) electrons. The second-order valence-electron chi connectivity index (χ2n) is 4.08. The van der Waals surface area contributed by atoms with Crippen LogP contribution in [-0.2, 0) is 0 Å². The fourth-order valence-electron chi connectivity index (χ4n) is 1.95. The molecule has 1 aromatic rings. The van der Waals surface area contributed by atoms with Crippen LogP contribution in [0.15, 0.2) is 23.1 Å². The van der Waals surface area contributed by atoms with E-state index in [-0.39, 0.29) is 5.25 Å². The average molecular weight is 244 g/mol. The molecule has 0 spiro atoms. The summed E-state index contributed by atoms with van der Waals surface area (Å²) >= 11 is 1.25. The van der Waals surface area contributed by atoms with Crippen LogP contribution < -0.4 is 0 Å². The molecule has 4 heteroatoms. The van der Waals surface area contributed by atoms with E-state index in [1.807, 2.05) is 0 Å². The molecular weight excluding hydrogens is 230 g/mol. The molecule has 1 fully saturated rings. The molecule has 2 rings (SSSR count). The minimum atomic E-state index is -0.436. The quantitative estimate of drug-likeness (QED) is 0.860. The van der Waals surface area contributed by atoms with E-state index in [0.29, 0.717) is 4.90 Å². The van der Waals surface area contributed by atoms with Crippen LogP contribution in [0.4, 0.5) is 8.78 Å². The predicted octanol–water partition coefficient (Wildman–Crippen LogP) is 3.36. The smallest absolute Gasteiger partial charge is 0.136 e. The topological polar surface area (TPSA) is 20.2 Å². The van der Waals surface area contributed by atoms with Crippen molar-refractivity contribution in [3.63, 3.8) is 0 Å². The molecule has 2 atom stereocenters. The first-order chi connectivity index (χ1) is 7.66. The van der Waals surface area contributed by atoms with E-state index < -0.39 is 17.7 Å². The van der Waals surface area contributed by atoms with Gasteiger partial charge in [-0.25, -0.2) is 8.78 Å². The van der Waals surface area contributed by atoms with Crippen molar-refractivity contribution >= 4 is 11.8 Å². The van der Waals surface area contributed by atoms with E-state index in [0.717, 1.165) is 37.8 Å². The van der Waals surface area contributed by atoms with E-state index in [9.17, 15) is 13.9 Å². The Morgan fingerprint density at radius 1 is 1.19 bits per heavy atom. The van der Waals surface area contributed by atoms with Crippen LogP contribution in [-0.4, -0.2) is 16.5 Å². The van der Waals surface area contributed by atoms with Gasteiger partial charge in [0.05, 0.1) is 6.10 Å². The largest absolute Gasteiger partial charge is 0.392 e. The molecule has 1 N–H and O–H groups in total. The van der Waals surface area contributed by atoms with Gasteiger partial charge in [0.1, 0.15) is 11.6 Å². The van der Waals surface area contributed by atoms with Gasteiger partial charge in [0, 0.05) is 10.1 Å². The highest BCUT2D eigenvalue weighted by Crippen LogP contribution is 2.35. The maximum atomic E-state index is 13.4. The summed E-state index contributed by atoms with van der Waals surface area (Å²) in [4.78, 5) is 0.297. The van der Waals surface area contributed by atoms with Crippen LogP contribution in [0, 0.1) is 11.6 Å². The number of thioether (sulfide) groups is 1. The molecule has 1 saturated carbocycles. The number of rotatable bonds is 2. The summed E-state index contributed by atoms with van der Waals surface area (Å²) in [7, 11) is 0. The number of aliphatic hydroxyl groups excluding tert-OH is 1. The maximum absolute atomic E-state index is 13.4. The summed E-state index contributed by atoms with van der Waals surface area (Å²) in [6, 6.07) is 3.44. The van der Waals surface area contributed by atoms with Crippen molar-refractivity contribution in [2.24, 2.45) is 0 Å². The molecule has 0 bridgehead atoms. The van der Waals surface area contributed by atoms with Crippen molar-refractivity contribution < 1.29 is 13.9 Å². The molecule has 1 aromatic carbocycles. The Balaban J connectivity index is 2.10. The Morgan fingerprint density at radius 2 is 1.94 bits per heavy atom. The second kappa shape index (κ2) is 5.15. The normalized spacial score (nSPS) is 25.7. The van der Waals surface area contributed by atoms with Gasteiger partial charge in [-0.05, 0) is 31.0 Å². The zero-order valence-corrected chi connectivity index (χ0v) is 9.64. The maximum Gasteiger partial charge on any atom is 0.136 e. The highest BCUT2D eigenvalue weighted by atomic mass is 32.2. The van der Waals surface area contributed by atoms with Gasteiger partial charge in [0.2, 0.25) is 0 Å². The van der Waals surface area contributed by atoms with Crippen LogP contribution in [0.25, 0.3) is 0 Å². The van der Waals surface area contributed by atoms with Crippen molar-refractivity contribution in [2.75, 3.05) is 0 Å². The fraction of sp³-hybridized carbons (Fsp3) is 0.500. The van der Waals surface area contributed by atoms with Crippen molar-refractivity contribution in [3.8, 4) is 0 Å². The van der Waals surface area contributed by atoms with E-state index in [4.69, 9.17) is 0 Å². The van der Waals surface area contributed by atoms with E-state index in [1.54, 1.807) is 0 Å². The van der Waals surface area contributed by atoms with Crippen LogP contribution in [0.5, 0.6) is 0 Å². The standard InChI is InChI=1S/C12H14F2OS/c13-8-5-6-9(14)12(7-8)16-11-4-2-1-3-10(11)15/h5-7,10-11,15H,1-4H2/t10-,11-/m0/s1. The first-order valence-electron chi connectivity index (χ1n) is 5.46. The number of hydrogen-bond donors (Lipinski definition) is 1. The number of halogens is 2. The monoisotopic (exact) mass is 244 g/mol. The predicted molar refractivity (Wildman–Crippen MR) is 60.5 cm³/mol. The van der Waals surface area contributed by atoms with Crippen molar-refractivity contribution in [1.82, 2.24) is 0 Å². The van der Waals surface area contributed by atoms with Gasteiger partial charge in [-0.3, -0.25) is 0 Å². The molecule has 16 heavy (non-hydrogen) atoms. The van der Waals surface area contributed by atoms with Crippen molar-refractivity contribution in [3.05, 3.63) is 29.8 Å². The lowest BCUT2D eigenvalue weighted by Crippen LogP contribution is -2.26. The first-order valence-corrected chi connectivity index (χ1v) is 6.34. The molecule has 0 aromatic heterocycles. The summed E-state index contributed by atoms with van der Waals surface area (Å²) in [6.07, 6.45) is 3.28. The summed E-state index contributed by atoms with van der Waals surface area (Å²) in [6.45, 7) is 0. The lowest BCUT2D eigenvalue weighted by molar-refractivity contribution is 0.137. The molecule has 0 saturated heterocycles. The summed E-state index contributed by atoms with van der Waals surface area (Å²) < 4.78 is 26.3. The van der Waals surface area contributed by atoms with E-state index in [1.165, 1.54) is 17.8 Å². The van der Waals surface area contributed by atoms with Gasteiger partial charge < -0.3 is 5.11 Å². The third-order valence-corrected chi connectivity index (χ3v) is 4.26. The summed E-state index contributed by atoms with van der Waals surface area (Å²) in [5, 5.41) is 9.74. The Bertz CT molecular complexity index is 370. The molecule has 1 aliphatic rings. The zero-order chi connectivity index (χ0) is 11.5. The van der Waals surface area contributed by atoms with Crippen LogP contribution in [0.3, 0.4) is 0 Å². The van der Waals surface area contributed by atoms with E-state index in [2.05, 4.69) is 0 Å². The minimum Gasteiger partial charge on any atom is -0.392 e. The lowest BCUT2D eigenvalue weighted by Gasteiger charge is -2.27. The average Bonchev–Trinajstić information content (AvgIpc) is 2.27. The second-order valence-corrected chi connectivity index (χ2v) is 5.36. The Hall–Kier alpha value is -0.610. The Morgan fingerprint density at radius 3 is 2.69 bits per heavy atom. The molecule has 0 amide bonds. The zero-order valence-electron chi connectivity index (χ0n) is 8.83. The van der Waals surface area contributed by atoms with Crippen molar-refractivity contribution in [2.45, 2.75) is 41.9 Å². The summed E-state index contributed by atoms with van der Waals surface area (Å²) in [5.41, 5.74) is 0. The van der Waals surface area contributed by atoms with Crippen LogP contribution in [0.2, 0.25) is 0 Å². The van der Waals surface area contributed by atoms with E-state index >= 15 is 0 Å². The van der Waals surface area contributed by atoms with Crippen LogP contribution >= 0.6 is 11.8 Å². The molecular formula is C12H14F2OS. The Labute approximate surface area is 97.9 Å². The molecule has 1 aliphatic carbocycles. The van der Waals surface area contributed by atoms with Gasteiger partial charge in [-0.2, -0.15) is 0 Å². The molecule has 0 heterocycles. The first kappa shape index (κ1) is 11.9. The summed E-state index contributed by atoms with van der Waals surface area (Å²) in [5.74, 6) is -0.849. The van der Waals surface area contributed by atoms with Crippen molar-refractivity contribution in [1.29, 1.82) is 0 Å². The van der Waals surface area contributed by atoms with Gasteiger partial charge in [-0.1, -0.05) is 12.8 Å². The fourth-order valence-corrected chi connectivity index (χ4v) is 3.21. The molecule has 0 aliphatic heterocycles. The SMILES string of the molecule is O[C@H]1CCCC[C@@H]1Sc1cc(F)ccc1F. The minimum absolute atomic E-state index is 0.00921. The lowest BCUT2D eigenvalue weighted by atomic mass is 9.97. The highest BCUT2D eigenvalue weighted by molar-refractivity contribution is 8.00. The highest BCUT2D eigenvalue weighted by Gasteiger charge is 2.24. The van der Waals surface area contributed by atoms with Gasteiger partial charge in [0.15, 0.2) is 0 Å². The number of aliphatic hydroxyl groups is 1. The third-order valence-electron chi connectivity index (χ3n) is 2.84. The number of benzene rings is 1. The molecule has 1 nitrogen and oxygen atoms in total. The van der Waals surface area contributed by atoms with Crippen LogP contribution in [0.1, 0.15) is 25.7 Å². The van der Waals surface area contributed by atoms with Gasteiger partial charge >= 0.3 is 0 Å². The number of hydrogen-bond acceptors (Lipinski definition) is 2. The molecule has 0 unspecified atom stereocenters. The van der Waals surface area contributed by atoms with Gasteiger partial charge in [0.25, 0.3) is 0 Å². The van der Waals surface area contributed by atoms with Gasteiger partial charge in [-0.15, -0.1) is 11.8 Å². The Kier molecular flexibility index (Phi) is 3.82.